The van der Waals surface area contributed by atoms with Crippen LogP contribution in [-0.4, -0.2) is 6.61 Å². The lowest BCUT2D eigenvalue weighted by Gasteiger charge is -2.10. The Kier molecular flexibility index (Phi) is 3.19. The summed E-state index contributed by atoms with van der Waals surface area (Å²) in [6.45, 7) is -0.951. The van der Waals surface area contributed by atoms with E-state index in [0.717, 1.165) is 0 Å². The van der Waals surface area contributed by atoms with Gasteiger partial charge in [-0.3, -0.25) is 0 Å². The number of alkyl halides is 2. The van der Waals surface area contributed by atoms with Crippen LogP contribution in [0.25, 0.3) is 0 Å². The molecule has 13 heavy (non-hydrogen) atoms. The van der Waals surface area contributed by atoms with E-state index in [9.17, 15) is 8.78 Å². The highest BCUT2D eigenvalue weighted by Crippen LogP contribution is 2.23. The summed E-state index contributed by atoms with van der Waals surface area (Å²) in [5, 5.41) is 0. The van der Waals surface area contributed by atoms with Gasteiger partial charge in [0.25, 0.3) is 0 Å². The lowest BCUT2D eigenvalue weighted by molar-refractivity contribution is -0.420. The standard InChI is InChI=1S/C9H11F2NO/c1-6(12)7-4-2-3-5-8(7)13-9(10)11/h2-6,9H,12H2,1H3/p+1/t6-/m0/s1. The van der Waals surface area contributed by atoms with Crippen LogP contribution in [0.2, 0.25) is 0 Å². The van der Waals surface area contributed by atoms with Gasteiger partial charge in [-0.2, -0.15) is 8.78 Å². The van der Waals surface area contributed by atoms with Gasteiger partial charge in [0.1, 0.15) is 11.8 Å². The van der Waals surface area contributed by atoms with E-state index in [1.54, 1.807) is 18.2 Å². The van der Waals surface area contributed by atoms with E-state index in [1.807, 2.05) is 6.92 Å². The molecule has 0 aliphatic heterocycles. The topological polar surface area (TPSA) is 36.9 Å². The van der Waals surface area contributed by atoms with Gasteiger partial charge in [0.05, 0.1) is 5.56 Å². The minimum Gasteiger partial charge on any atom is -0.434 e. The SMILES string of the molecule is C[C@H]([NH3+])c1ccccc1OC(F)F. The molecular formula is C9H12F2NO+. The number of quaternary nitrogens is 1. The van der Waals surface area contributed by atoms with Gasteiger partial charge in [0, 0.05) is 0 Å². The van der Waals surface area contributed by atoms with Crippen molar-refractivity contribution in [3.63, 3.8) is 0 Å². The van der Waals surface area contributed by atoms with E-state index in [2.05, 4.69) is 10.5 Å². The van der Waals surface area contributed by atoms with Gasteiger partial charge < -0.3 is 10.5 Å². The van der Waals surface area contributed by atoms with Crippen LogP contribution >= 0.6 is 0 Å². The second kappa shape index (κ2) is 4.18. The Bertz CT molecular complexity index is 276. The molecule has 3 N–H and O–H groups in total. The number of hydrogen-bond donors (Lipinski definition) is 1. The molecule has 0 saturated heterocycles. The average Bonchev–Trinajstić information content (AvgIpc) is 2.03. The zero-order chi connectivity index (χ0) is 9.84. The number of para-hydroxylation sites is 1. The normalized spacial score (nSPS) is 13.0. The van der Waals surface area contributed by atoms with E-state index < -0.39 is 6.61 Å². The molecule has 0 heterocycles. The first-order chi connectivity index (χ1) is 6.11. The third-order valence-electron chi connectivity index (χ3n) is 1.67. The predicted octanol–water partition coefficient (Wildman–Crippen LogP) is 1.59. The second-order valence-electron chi connectivity index (χ2n) is 2.82. The Morgan fingerprint density at radius 2 is 1.92 bits per heavy atom. The van der Waals surface area contributed by atoms with Crippen LogP contribution in [0.4, 0.5) is 8.78 Å². The van der Waals surface area contributed by atoms with Crippen LogP contribution in [0.3, 0.4) is 0 Å². The summed E-state index contributed by atoms with van der Waals surface area (Å²) in [6, 6.07) is 6.62. The molecule has 0 aliphatic carbocycles. The van der Waals surface area contributed by atoms with Gasteiger partial charge in [-0.05, 0) is 19.1 Å². The maximum absolute atomic E-state index is 11.9. The molecule has 2 nitrogen and oxygen atoms in total. The van der Waals surface area contributed by atoms with Crippen LogP contribution < -0.4 is 10.5 Å². The van der Waals surface area contributed by atoms with Crippen molar-refractivity contribution in [1.82, 2.24) is 0 Å². The Labute approximate surface area is 75.3 Å². The predicted molar refractivity (Wildman–Crippen MR) is 44.4 cm³/mol. The van der Waals surface area contributed by atoms with Crippen molar-refractivity contribution in [2.45, 2.75) is 19.6 Å². The molecular weight excluding hydrogens is 176 g/mol. The highest BCUT2D eigenvalue weighted by molar-refractivity contribution is 5.34. The smallest absolute Gasteiger partial charge is 0.387 e. The Hall–Kier alpha value is -1.16. The van der Waals surface area contributed by atoms with Crippen LogP contribution in [0, 0.1) is 0 Å². The van der Waals surface area contributed by atoms with E-state index in [0.29, 0.717) is 5.56 Å². The van der Waals surface area contributed by atoms with Crippen molar-refractivity contribution in [3.05, 3.63) is 29.8 Å². The van der Waals surface area contributed by atoms with Crippen molar-refractivity contribution < 1.29 is 19.3 Å². The fraction of sp³-hybridized carbons (Fsp3) is 0.333. The molecule has 0 radical (unpaired) electrons. The van der Waals surface area contributed by atoms with Crippen molar-refractivity contribution in [1.29, 1.82) is 0 Å². The molecule has 0 aromatic heterocycles. The first-order valence-electron chi connectivity index (χ1n) is 3.98. The summed E-state index contributed by atoms with van der Waals surface area (Å²) < 4.78 is 28.2. The van der Waals surface area contributed by atoms with Crippen LogP contribution in [0.5, 0.6) is 5.75 Å². The number of benzene rings is 1. The quantitative estimate of drug-likeness (QED) is 0.768. The zero-order valence-corrected chi connectivity index (χ0v) is 7.34. The summed E-state index contributed by atoms with van der Waals surface area (Å²) >= 11 is 0. The molecule has 1 aromatic carbocycles. The Morgan fingerprint density at radius 1 is 1.31 bits per heavy atom. The van der Waals surface area contributed by atoms with E-state index in [-0.39, 0.29) is 11.8 Å². The van der Waals surface area contributed by atoms with Crippen molar-refractivity contribution in [2.24, 2.45) is 0 Å². The fourth-order valence-electron chi connectivity index (χ4n) is 1.09. The summed E-state index contributed by atoms with van der Waals surface area (Å²) in [7, 11) is 0. The van der Waals surface area contributed by atoms with Crippen LogP contribution in [-0.2, 0) is 0 Å². The summed E-state index contributed by atoms with van der Waals surface area (Å²) in [4.78, 5) is 0. The molecule has 0 spiro atoms. The van der Waals surface area contributed by atoms with Crippen LogP contribution in [0.1, 0.15) is 18.5 Å². The molecule has 1 aromatic rings. The average molecular weight is 188 g/mol. The largest absolute Gasteiger partial charge is 0.434 e. The van der Waals surface area contributed by atoms with Crippen LogP contribution in [0.15, 0.2) is 24.3 Å². The lowest BCUT2D eigenvalue weighted by Crippen LogP contribution is -2.51. The number of ether oxygens (including phenoxy) is 1. The van der Waals surface area contributed by atoms with Gasteiger partial charge in [-0.15, -0.1) is 0 Å². The molecule has 0 aliphatic rings. The molecule has 0 fully saturated rings. The van der Waals surface area contributed by atoms with E-state index in [1.165, 1.54) is 6.07 Å². The van der Waals surface area contributed by atoms with E-state index in [4.69, 9.17) is 0 Å². The minimum atomic E-state index is -2.78. The third-order valence-corrected chi connectivity index (χ3v) is 1.67. The molecule has 0 saturated carbocycles. The van der Waals surface area contributed by atoms with Gasteiger partial charge in [-0.25, -0.2) is 0 Å². The highest BCUT2D eigenvalue weighted by atomic mass is 19.3. The first kappa shape index (κ1) is 9.92. The number of hydrogen-bond acceptors (Lipinski definition) is 1. The molecule has 1 atom stereocenters. The maximum atomic E-state index is 11.9. The maximum Gasteiger partial charge on any atom is 0.387 e. The first-order valence-corrected chi connectivity index (χ1v) is 3.98. The molecule has 0 amide bonds. The highest BCUT2D eigenvalue weighted by Gasteiger charge is 2.12. The Balaban J connectivity index is 2.91. The Morgan fingerprint density at radius 3 is 2.46 bits per heavy atom. The third kappa shape index (κ3) is 2.66. The van der Waals surface area contributed by atoms with Crippen molar-refractivity contribution in [2.75, 3.05) is 0 Å². The minimum absolute atomic E-state index is 0.0602. The lowest BCUT2D eigenvalue weighted by atomic mass is 10.1. The molecule has 4 heteroatoms. The summed E-state index contributed by atoms with van der Waals surface area (Å²) in [5.74, 6) is 0.208. The molecule has 1 rings (SSSR count). The second-order valence-corrected chi connectivity index (χ2v) is 2.82. The number of rotatable bonds is 3. The summed E-state index contributed by atoms with van der Waals surface area (Å²) in [6.07, 6.45) is 0. The summed E-state index contributed by atoms with van der Waals surface area (Å²) in [5.41, 5.74) is 4.45. The van der Waals surface area contributed by atoms with Gasteiger partial charge in [0.2, 0.25) is 0 Å². The zero-order valence-electron chi connectivity index (χ0n) is 7.34. The van der Waals surface area contributed by atoms with Gasteiger partial charge in [-0.1, -0.05) is 12.1 Å². The monoisotopic (exact) mass is 188 g/mol. The van der Waals surface area contributed by atoms with Gasteiger partial charge in [0.15, 0.2) is 0 Å². The molecule has 0 unspecified atom stereocenters. The van der Waals surface area contributed by atoms with Crippen molar-refractivity contribution in [3.8, 4) is 5.75 Å². The van der Waals surface area contributed by atoms with Gasteiger partial charge >= 0.3 is 6.61 Å². The molecule has 72 valence electrons. The van der Waals surface area contributed by atoms with E-state index >= 15 is 0 Å². The molecule has 0 bridgehead atoms. The number of halogens is 2. The van der Waals surface area contributed by atoms with Crippen molar-refractivity contribution >= 4 is 0 Å². The fourth-order valence-corrected chi connectivity index (χ4v) is 1.09.